The van der Waals surface area contributed by atoms with E-state index in [0.29, 0.717) is 4.88 Å². The highest BCUT2D eigenvalue weighted by molar-refractivity contribution is 7.14. The van der Waals surface area contributed by atoms with Crippen LogP contribution in [-0.2, 0) is 4.74 Å². The van der Waals surface area contributed by atoms with Crippen molar-refractivity contribution in [3.8, 4) is 0 Å². The summed E-state index contributed by atoms with van der Waals surface area (Å²) < 4.78 is 4.56. The van der Waals surface area contributed by atoms with Gasteiger partial charge in [0.05, 0.1) is 7.11 Å². The van der Waals surface area contributed by atoms with Gasteiger partial charge in [-0.25, -0.2) is 4.79 Å². The smallest absolute Gasteiger partial charge is 0.348 e. The summed E-state index contributed by atoms with van der Waals surface area (Å²) >= 11 is 1.37. The number of ether oxygens (including phenoxy) is 1. The van der Waals surface area contributed by atoms with Gasteiger partial charge in [0.2, 0.25) is 0 Å². The van der Waals surface area contributed by atoms with Gasteiger partial charge >= 0.3 is 5.97 Å². The van der Waals surface area contributed by atoms with Crippen LogP contribution in [0, 0.1) is 0 Å². The van der Waals surface area contributed by atoms with Crippen molar-refractivity contribution in [1.29, 1.82) is 0 Å². The molecule has 1 rings (SSSR count). The zero-order valence-corrected chi connectivity index (χ0v) is 9.08. The van der Waals surface area contributed by atoms with Crippen LogP contribution >= 0.6 is 23.7 Å². The molecule has 0 fully saturated rings. The van der Waals surface area contributed by atoms with Crippen molar-refractivity contribution >= 4 is 29.7 Å². The number of hydrogen-bond donors (Lipinski definition) is 1. The minimum absolute atomic E-state index is 0. The fourth-order valence-corrected chi connectivity index (χ4v) is 1.69. The van der Waals surface area contributed by atoms with Gasteiger partial charge in [-0.15, -0.1) is 23.7 Å². The number of esters is 1. The standard InChI is InChI=1S/C8H11NO2S.ClH/c1-5(9)6-3-4-7(12-6)8(10)11-2;/h3-5H,9H2,1-2H3;1H. The average molecular weight is 222 g/mol. The number of halogens is 1. The summed E-state index contributed by atoms with van der Waals surface area (Å²) in [6.07, 6.45) is 0. The van der Waals surface area contributed by atoms with Crippen LogP contribution in [0.5, 0.6) is 0 Å². The van der Waals surface area contributed by atoms with Gasteiger partial charge in [0, 0.05) is 10.9 Å². The van der Waals surface area contributed by atoms with Gasteiger partial charge in [0.15, 0.2) is 0 Å². The van der Waals surface area contributed by atoms with Crippen LogP contribution in [0.1, 0.15) is 27.5 Å². The molecule has 3 nitrogen and oxygen atoms in total. The van der Waals surface area contributed by atoms with Crippen molar-refractivity contribution in [2.75, 3.05) is 7.11 Å². The van der Waals surface area contributed by atoms with Crippen molar-refractivity contribution in [1.82, 2.24) is 0 Å². The number of methoxy groups -OCH3 is 1. The molecular formula is C8H12ClNO2S. The Hall–Kier alpha value is -0.580. The number of carbonyl (C=O) groups is 1. The highest BCUT2D eigenvalue weighted by atomic mass is 35.5. The zero-order valence-electron chi connectivity index (χ0n) is 7.44. The molecule has 13 heavy (non-hydrogen) atoms. The van der Waals surface area contributed by atoms with Crippen LogP contribution in [0.3, 0.4) is 0 Å². The molecule has 1 atom stereocenters. The largest absolute Gasteiger partial charge is 0.465 e. The molecule has 2 N–H and O–H groups in total. The molecule has 0 aliphatic heterocycles. The highest BCUT2D eigenvalue weighted by Crippen LogP contribution is 2.21. The topological polar surface area (TPSA) is 52.3 Å². The molecule has 0 saturated heterocycles. The van der Waals surface area contributed by atoms with E-state index in [0.717, 1.165) is 4.88 Å². The van der Waals surface area contributed by atoms with E-state index in [4.69, 9.17) is 5.73 Å². The molecule has 0 amide bonds. The maximum atomic E-state index is 11.0. The molecule has 1 aromatic rings. The Balaban J connectivity index is 0.00000144. The Kier molecular flexibility index (Phi) is 4.98. The molecule has 0 aromatic carbocycles. The third kappa shape index (κ3) is 2.99. The molecule has 0 bridgehead atoms. The van der Waals surface area contributed by atoms with Crippen molar-refractivity contribution in [2.45, 2.75) is 13.0 Å². The van der Waals surface area contributed by atoms with Gasteiger partial charge in [-0.05, 0) is 19.1 Å². The van der Waals surface area contributed by atoms with Gasteiger partial charge < -0.3 is 10.5 Å². The molecule has 0 aliphatic rings. The van der Waals surface area contributed by atoms with Gasteiger partial charge in [-0.1, -0.05) is 0 Å². The first-order valence-electron chi connectivity index (χ1n) is 3.58. The van der Waals surface area contributed by atoms with Crippen LogP contribution in [0.15, 0.2) is 12.1 Å². The lowest BCUT2D eigenvalue weighted by atomic mass is 10.3. The molecular weight excluding hydrogens is 210 g/mol. The number of hydrogen-bond acceptors (Lipinski definition) is 4. The minimum Gasteiger partial charge on any atom is -0.465 e. The van der Waals surface area contributed by atoms with E-state index in [1.165, 1.54) is 18.4 Å². The SMILES string of the molecule is COC(=O)c1ccc(C(C)N)s1.Cl. The minimum atomic E-state index is -0.299. The lowest BCUT2D eigenvalue weighted by Crippen LogP contribution is -2.02. The van der Waals surface area contributed by atoms with Gasteiger partial charge in [0.1, 0.15) is 4.88 Å². The predicted octanol–water partition coefficient (Wildman–Crippen LogP) is 1.98. The first-order chi connectivity index (χ1) is 5.65. The summed E-state index contributed by atoms with van der Waals surface area (Å²) in [5, 5.41) is 0. The van der Waals surface area contributed by atoms with Crippen molar-refractivity contribution in [3.05, 3.63) is 21.9 Å². The Labute approximate surface area is 87.3 Å². The van der Waals surface area contributed by atoms with Crippen LogP contribution in [0.4, 0.5) is 0 Å². The normalized spacial score (nSPS) is 11.6. The summed E-state index contributed by atoms with van der Waals surface area (Å²) in [5.74, 6) is -0.299. The Morgan fingerprint density at radius 2 is 2.23 bits per heavy atom. The van der Waals surface area contributed by atoms with Crippen molar-refractivity contribution in [2.24, 2.45) is 5.73 Å². The maximum absolute atomic E-state index is 11.0. The monoisotopic (exact) mass is 221 g/mol. The van der Waals surface area contributed by atoms with E-state index in [9.17, 15) is 4.79 Å². The molecule has 0 aliphatic carbocycles. The zero-order chi connectivity index (χ0) is 9.14. The summed E-state index contributed by atoms with van der Waals surface area (Å²) in [7, 11) is 1.37. The second-order valence-electron chi connectivity index (χ2n) is 2.48. The average Bonchev–Trinajstić information content (AvgIpc) is 2.51. The fourth-order valence-electron chi connectivity index (χ4n) is 0.808. The summed E-state index contributed by atoms with van der Waals surface area (Å²) in [5.41, 5.74) is 5.63. The second-order valence-corrected chi connectivity index (χ2v) is 3.60. The quantitative estimate of drug-likeness (QED) is 0.777. The first-order valence-corrected chi connectivity index (χ1v) is 4.40. The number of nitrogens with two attached hydrogens (primary N) is 1. The Morgan fingerprint density at radius 1 is 1.62 bits per heavy atom. The highest BCUT2D eigenvalue weighted by Gasteiger charge is 2.10. The molecule has 0 spiro atoms. The van der Waals surface area contributed by atoms with E-state index in [1.54, 1.807) is 6.07 Å². The van der Waals surface area contributed by atoms with E-state index in [1.807, 2.05) is 13.0 Å². The van der Waals surface area contributed by atoms with Gasteiger partial charge in [-0.2, -0.15) is 0 Å². The predicted molar refractivity (Wildman–Crippen MR) is 55.5 cm³/mol. The Bertz CT molecular complexity index is 285. The lowest BCUT2D eigenvalue weighted by molar-refractivity contribution is 0.0606. The summed E-state index contributed by atoms with van der Waals surface area (Å²) in [6.45, 7) is 1.88. The van der Waals surface area contributed by atoms with Gasteiger partial charge in [-0.3, -0.25) is 0 Å². The summed E-state index contributed by atoms with van der Waals surface area (Å²) in [6, 6.07) is 3.56. The summed E-state index contributed by atoms with van der Waals surface area (Å²) in [4.78, 5) is 12.6. The van der Waals surface area contributed by atoms with Crippen molar-refractivity contribution < 1.29 is 9.53 Å². The van der Waals surface area contributed by atoms with E-state index >= 15 is 0 Å². The van der Waals surface area contributed by atoms with Crippen molar-refractivity contribution in [3.63, 3.8) is 0 Å². The fraction of sp³-hybridized carbons (Fsp3) is 0.375. The molecule has 0 radical (unpaired) electrons. The van der Waals surface area contributed by atoms with Crippen LogP contribution in [-0.4, -0.2) is 13.1 Å². The third-order valence-electron chi connectivity index (χ3n) is 1.46. The number of rotatable bonds is 2. The molecule has 1 heterocycles. The molecule has 1 unspecified atom stereocenters. The van der Waals surface area contributed by atoms with E-state index in [2.05, 4.69) is 4.74 Å². The van der Waals surface area contributed by atoms with Crippen LogP contribution in [0.2, 0.25) is 0 Å². The molecule has 5 heteroatoms. The Morgan fingerprint density at radius 3 is 2.62 bits per heavy atom. The maximum Gasteiger partial charge on any atom is 0.348 e. The molecule has 1 aromatic heterocycles. The van der Waals surface area contributed by atoms with E-state index < -0.39 is 0 Å². The number of thiophene rings is 1. The second kappa shape index (κ2) is 5.21. The molecule has 0 saturated carbocycles. The van der Waals surface area contributed by atoms with Crippen LogP contribution < -0.4 is 5.73 Å². The third-order valence-corrected chi connectivity index (χ3v) is 2.73. The van der Waals surface area contributed by atoms with Crippen LogP contribution in [0.25, 0.3) is 0 Å². The van der Waals surface area contributed by atoms with E-state index in [-0.39, 0.29) is 24.4 Å². The number of carbonyl (C=O) groups excluding carboxylic acids is 1. The molecule has 74 valence electrons. The van der Waals surface area contributed by atoms with Gasteiger partial charge in [0.25, 0.3) is 0 Å². The first kappa shape index (κ1) is 12.4. The lowest BCUT2D eigenvalue weighted by Gasteiger charge is -1.98.